The van der Waals surface area contributed by atoms with Gasteiger partial charge in [-0.25, -0.2) is 0 Å². The first kappa shape index (κ1) is 22.2. The first-order chi connectivity index (χ1) is 15.3. The second kappa shape index (κ2) is 8.51. The molecule has 3 aromatic rings. The van der Waals surface area contributed by atoms with Gasteiger partial charge in [0.25, 0.3) is 0 Å². The number of rotatable bonds is 6. The summed E-state index contributed by atoms with van der Waals surface area (Å²) in [6.07, 6.45) is 3.59. The van der Waals surface area contributed by atoms with Gasteiger partial charge in [0.2, 0.25) is 11.8 Å². The molecule has 0 spiro atoms. The maximum Gasteiger partial charge on any atom is 0.247 e. The Morgan fingerprint density at radius 1 is 1.09 bits per heavy atom. The molecule has 0 bridgehead atoms. The summed E-state index contributed by atoms with van der Waals surface area (Å²) in [7, 11) is 0. The summed E-state index contributed by atoms with van der Waals surface area (Å²) in [6, 6.07) is 14.8. The number of carbonyl (C=O) groups is 2. The Hall–Kier alpha value is -2.99. The molecule has 4 rings (SSSR count). The van der Waals surface area contributed by atoms with Gasteiger partial charge in [0.1, 0.15) is 18.3 Å². The maximum absolute atomic E-state index is 13.9. The molecule has 3 heterocycles. The molecule has 1 atom stereocenters. The molecule has 1 aliphatic heterocycles. The van der Waals surface area contributed by atoms with Crippen LogP contribution in [0.5, 0.6) is 0 Å². The Bertz CT molecular complexity index is 1120. The molecule has 32 heavy (non-hydrogen) atoms. The van der Waals surface area contributed by atoms with Crippen LogP contribution in [0.15, 0.2) is 65.4 Å². The lowest BCUT2D eigenvalue weighted by Gasteiger charge is -2.39. The summed E-state index contributed by atoms with van der Waals surface area (Å²) in [6.45, 7) is 7.38. The second-order valence-electron chi connectivity index (χ2n) is 9.02. The minimum atomic E-state index is -0.763. The number of amides is 2. The molecular weight excluding hydrogens is 426 g/mol. The van der Waals surface area contributed by atoms with E-state index in [-0.39, 0.29) is 30.3 Å². The largest absolute Gasteiger partial charge is 0.467 e. The standard InChI is InChI=1S/C25H28ClN3O3/c1-17(2)28(24(31)25(3,4)16-26)15-22(30)29-19-10-6-5-9-18(19)27-13-7-11-20(27)23(29)21-12-8-14-32-21/h5-14,17,23H,15-16H2,1-4H3/t23-/m0/s1. The van der Waals surface area contributed by atoms with Crippen LogP contribution in [0.25, 0.3) is 5.69 Å². The third-order valence-corrected chi connectivity index (χ3v) is 6.57. The van der Waals surface area contributed by atoms with Gasteiger partial charge < -0.3 is 13.9 Å². The van der Waals surface area contributed by atoms with Crippen molar-refractivity contribution in [2.24, 2.45) is 5.41 Å². The monoisotopic (exact) mass is 453 g/mol. The molecule has 7 heteroatoms. The Morgan fingerprint density at radius 2 is 1.81 bits per heavy atom. The molecule has 0 saturated heterocycles. The number of fused-ring (bicyclic) bond motifs is 3. The summed E-state index contributed by atoms with van der Waals surface area (Å²) < 4.78 is 7.84. The molecular formula is C25H28ClN3O3. The summed E-state index contributed by atoms with van der Waals surface area (Å²) in [5.41, 5.74) is 1.85. The number of benzene rings is 1. The number of anilines is 1. The lowest BCUT2D eigenvalue weighted by atomic mass is 9.93. The lowest BCUT2D eigenvalue weighted by molar-refractivity contribution is -0.144. The van der Waals surface area contributed by atoms with Gasteiger partial charge in [-0.1, -0.05) is 12.1 Å². The van der Waals surface area contributed by atoms with Crippen LogP contribution in [0, 0.1) is 5.41 Å². The Balaban J connectivity index is 1.78. The Morgan fingerprint density at radius 3 is 2.44 bits per heavy atom. The number of alkyl halides is 1. The SMILES string of the molecule is CC(C)N(CC(=O)N1c2ccccc2-n2cccc2[C@H]1c1ccco1)C(=O)C(C)(C)CCl. The third kappa shape index (κ3) is 3.73. The van der Waals surface area contributed by atoms with Crippen molar-refractivity contribution < 1.29 is 14.0 Å². The number of furan rings is 1. The average Bonchev–Trinajstić information content (AvgIpc) is 3.48. The van der Waals surface area contributed by atoms with E-state index in [2.05, 4.69) is 4.57 Å². The van der Waals surface area contributed by atoms with Gasteiger partial charge in [-0.2, -0.15) is 0 Å². The van der Waals surface area contributed by atoms with E-state index in [1.165, 1.54) is 0 Å². The van der Waals surface area contributed by atoms with Crippen LogP contribution in [0.2, 0.25) is 0 Å². The zero-order chi connectivity index (χ0) is 23.0. The highest BCUT2D eigenvalue weighted by Gasteiger charge is 2.40. The van der Waals surface area contributed by atoms with E-state index in [0.717, 1.165) is 17.1 Å². The zero-order valence-corrected chi connectivity index (χ0v) is 19.5. The number of hydrogen-bond acceptors (Lipinski definition) is 3. The summed E-state index contributed by atoms with van der Waals surface area (Å²) in [4.78, 5) is 30.5. The average molecular weight is 454 g/mol. The van der Waals surface area contributed by atoms with Crippen molar-refractivity contribution >= 4 is 29.1 Å². The van der Waals surface area contributed by atoms with Gasteiger partial charge in [0, 0.05) is 18.1 Å². The molecule has 0 N–H and O–H groups in total. The van der Waals surface area contributed by atoms with Crippen molar-refractivity contribution in [1.29, 1.82) is 0 Å². The van der Waals surface area contributed by atoms with Crippen LogP contribution >= 0.6 is 11.6 Å². The molecule has 1 aliphatic rings. The molecule has 2 amide bonds. The number of hydrogen-bond donors (Lipinski definition) is 0. The summed E-state index contributed by atoms with van der Waals surface area (Å²) >= 11 is 6.07. The fourth-order valence-corrected chi connectivity index (χ4v) is 4.25. The molecule has 1 aromatic carbocycles. The van der Waals surface area contributed by atoms with Crippen molar-refractivity contribution in [2.75, 3.05) is 17.3 Å². The molecule has 0 saturated carbocycles. The van der Waals surface area contributed by atoms with Crippen LogP contribution < -0.4 is 4.90 Å². The number of halogens is 1. The third-order valence-electron chi connectivity index (χ3n) is 5.90. The van der Waals surface area contributed by atoms with Gasteiger partial charge in [-0.15, -0.1) is 11.6 Å². The Kier molecular flexibility index (Phi) is 5.91. The van der Waals surface area contributed by atoms with Crippen LogP contribution in [0.4, 0.5) is 5.69 Å². The first-order valence-corrected chi connectivity index (χ1v) is 11.3. The normalized spacial score (nSPS) is 15.4. The minimum absolute atomic E-state index is 0.0525. The summed E-state index contributed by atoms with van der Waals surface area (Å²) in [5, 5.41) is 0. The van der Waals surface area contributed by atoms with Crippen LogP contribution in [0.3, 0.4) is 0 Å². The van der Waals surface area contributed by atoms with Gasteiger partial charge in [0.15, 0.2) is 0 Å². The van der Waals surface area contributed by atoms with Crippen LogP contribution in [-0.2, 0) is 9.59 Å². The maximum atomic E-state index is 13.9. The number of aromatic nitrogens is 1. The molecule has 2 aromatic heterocycles. The first-order valence-electron chi connectivity index (χ1n) is 10.8. The van der Waals surface area contributed by atoms with Crippen molar-refractivity contribution in [3.05, 3.63) is 72.4 Å². The van der Waals surface area contributed by atoms with Gasteiger partial charge in [-0.05, 0) is 64.1 Å². The van der Waals surface area contributed by atoms with E-state index in [0.29, 0.717) is 5.76 Å². The van der Waals surface area contributed by atoms with E-state index >= 15 is 0 Å². The molecule has 168 valence electrons. The van der Waals surface area contributed by atoms with E-state index in [4.69, 9.17) is 16.0 Å². The van der Waals surface area contributed by atoms with Crippen molar-refractivity contribution in [1.82, 2.24) is 9.47 Å². The summed E-state index contributed by atoms with van der Waals surface area (Å²) in [5.74, 6) is 0.521. The number of nitrogens with zero attached hydrogens (tertiary/aromatic N) is 3. The smallest absolute Gasteiger partial charge is 0.247 e. The van der Waals surface area contributed by atoms with E-state index < -0.39 is 11.5 Å². The predicted octanol–water partition coefficient (Wildman–Crippen LogP) is 5.01. The fourth-order valence-electron chi connectivity index (χ4n) is 4.13. The van der Waals surface area contributed by atoms with Crippen molar-refractivity contribution in [2.45, 2.75) is 39.8 Å². The molecule has 0 radical (unpaired) electrons. The van der Waals surface area contributed by atoms with Crippen LogP contribution in [-0.4, -0.2) is 39.7 Å². The van der Waals surface area contributed by atoms with Gasteiger partial charge >= 0.3 is 0 Å². The van der Waals surface area contributed by atoms with E-state index in [9.17, 15) is 9.59 Å². The second-order valence-corrected chi connectivity index (χ2v) is 9.29. The highest BCUT2D eigenvalue weighted by atomic mass is 35.5. The quantitative estimate of drug-likeness (QED) is 0.493. The number of para-hydroxylation sites is 2. The predicted molar refractivity (Wildman–Crippen MR) is 125 cm³/mol. The van der Waals surface area contributed by atoms with Crippen molar-refractivity contribution in [3.8, 4) is 5.69 Å². The van der Waals surface area contributed by atoms with Crippen LogP contribution in [0.1, 0.15) is 45.2 Å². The molecule has 0 fully saturated rings. The minimum Gasteiger partial charge on any atom is -0.467 e. The lowest BCUT2D eigenvalue weighted by Crippen LogP contribution is -2.52. The molecule has 0 aliphatic carbocycles. The molecule has 6 nitrogen and oxygen atoms in total. The topological polar surface area (TPSA) is 58.7 Å². The van der Waals surface area contributed by atoms with Crippen molar-refractivity contribution in [3.63, 3.8) is 0 Å². The van der Waals surface area contributed by atoms with Gasteiger partial charge in [-0.3, -0.25) is 14.5 Å². The fraction of sp³-hybridized carbons (Fsp3) is 0.360. The highest BCUT2D eigenvalue weighted by molar-refractivity contribution is 6.20. The number of carbonyl (C=O) groups excluding carboxylic acids is 2. The van der Waals surface area contributed by atoms with Gasteiger partial charge in [0.05, 0.1) is 28.7 Å². The molecule has 0 unspecified atom stereocenters. The van der Waals surface area contributed by atoms with E-state index in [1.807, 2.05) is 68.6 Å². The Labute approximate surface area is 193 Å². The van der Waals surface area contributed by atoms with E-state index in [1.54, 1.807) is 29.9 Å². The highest BCUT2D eigenvalue weighted by Crippen LogP contribution is 2.42. The zero-order valence-electron chi connectivity index (χ0n) is 18.8.